The van der Waals surface area contributed by atoms with Crippen LogP contribution < -0.4 is 10.2 Å². The third kappa shape index (κ3) is 3.00. The molecule has 0 amide bonds. The molecule has 0 aliphatic heterocycles. The Morgan fingerprint density at radius 3 is 2.85 bits per heavy atom. The Morgan fingerprint density at radius 2 is 2.20 bits per heavy atom. The highest BCUT2D eigenvalue weighted by molar-refractivity contribution is 7.07. The lowest BCUT2D eigenvalue weighted by Crippen LogP contribution is -2.27. The van der Waals surface area contributed by atoms with Crippen LogP contribution >= 0.6 is 22.9 Å². The lowest BCUT2D eigenvalue weighted by atomic mass is 10.1. The predicted octanol–water partition coefficient (Wildman–Crippen LogP) is 4.29. The molecule has 1 N–H and O–H groups in total. The van der Waals surface area contributed by atoms with Crippen molar-refractivity contribution in [3.8, 4) is 0 Å². The van der Waals surface area contributed by atoms with Crippen molar-refractivity contribution in [2.45, 2.75) is 32.0 Å². The summed E-state index contributed by atoms with van der Waals surface area (Å²) in [6.45, 7) is 1.80. The van der Waals surface area contributed by atoms with Gasteiger partial charge in [-0.25, -0.2) is 0 Å². The maximum atomic E-state index is 6.51. The number of nitrogens with zero attached hydrogens (tertiary/aromatic N) is 1. The first-order valence-corrected chi connectivity index (χ1v) is 8.31. The lowest BCUT2D eigenvalue weighted by Gasteiger charge is -2.28. The van der Waals surface area contributed by atoms with Crippen molar-refractivity contribution in [3.63, 3.8) is 0 Å². The van der Waals surface area contributed by atoms with Gasteiger partial charge in [0.2, 0.25) is 0 Å². The molecule has 1 saturated carbocycles. The molecule has 2 nitrogen and oxygen atoms in total. The molecule has 2 aromatic rings. The molecule has 1 aliphatic rings. The molecule has 1 aromatic heterocycles. The van der Waals surface area contributed by atoms with Gasteiger partial charge < -0.3 is 10.2 Å². The van der Waals surface area contributed by atoms with Gasteiger partial charge in [-0.05, 0) is 53.9 Å². The van der Waals surface area contributed by atoms with Crippen LogP contribution in [0.25, 0.3) is 0 Å². The van der Waals surface area contributed by atoms with Gasteiger partial charge in [-0.15, -0.1) is 0 Å². The van der Waals surface area contributed by atoms with Crippen molar-refractivity contribution in [2.75, 3.05) is 11.9 Å². The quantitative estimate of drug-likeness (QED) is 0.856. The first kappa shape index (κ1) is 13.9. The molecule has 0 saturated heterocycles. The number of hydrogen-bond acceptors (Lipinski definition) is 3. The van der Waals surface area contributed by atoms with Gasteiger partial charge in [-0.3, -0.25) is 0 Å². The maximum absolute atomic E-state index is 6.51. The van der Waals surface area contributed by atoms with Crippen molar-refractivity contribution in [1.29, 1.82) is 0 Å². The van der Waals surface area contributed by atoms with E-state index in [0.29, 0.717) is 6.04 Å². The molecule has 1 heterocycles. The first-order valence-electron chi connectivity index (χ1n) is 6.99. The molecule has 1 fully saturated rings. The monoisotopic (exact) mass is 306 g/mol. The number of halogens is 1. The van der Waals surface area contributed by atoms with Crippen molar-refractivity contribution in [1.82, 2.24) is 5.32 Å². The minimum absolute atomic E-state index is 0.644. The highest BCUT2D eigenvalue weighted by Gasteiger charge is 2.31. The van der Waals surface area contributed by atoms with Gasteiger partial charge in [-0.1, -0.05) is 23.7 Å². The van der Waals surface area contributed by atoms with E-state index in [0.717, 1.165) is 18.1 Å². The summed E-state index contributed by atoms with van der Waals surface area (Å²) in [7, 11) is 1.98. The van der Waals surface area contributed by atoms with Crippen LogP contribution in [0.2, 0.25) is 5.02 Å². The molecule has 0 spiro atoms. The number of anilines is 1. The highest BCUT2D eigenvalue weighted by Crippen LogP contribution is 2.39. The normalized spacial score (nSPS) is 14.5. The van der Waals surface area contributed by atoms with Crippen LogP contribution in [-0.4, -0.2) is 13.1 Å². The minimum atomic E-state index is 0.644. The molecule has 0 radical (unpaired) electrons. The van der Waals surface area contributed by atoms with Gasteiger partial charge in [0.25, 0.3) is 0 Å². The van der Waals surface area contributed by atoms with Gasteiger partial charge >= 0.3 is 0 Å². The Labute approximate surface area is 129 Å². The Balaban J connectivity index is 1.94. The zero-order chi connectivity index (χ0) is 13.9. The molecular weight excluding hydrogens is 288 g/mol. The van der Waals surface area contributed by atoms with Gasteiger partial charge in [0.05, 0.1) is 10.7 Å². The summed E-state index contributed by atoms with van der Waals surface area (Å²) in [4.78, 5) is 2.48. The fraction of sp³-hybridized carbons (Fsp3) is 0.375. The Morgan fingerprint density at radius 1 is 1.35 bits per heavy atom. The van der Waals surface area contributed by atoms with Crippen LogP contribution in [0.5, 0.6) is 0 Å². The first-order chi connectivity index (χ1) is 9.79. The van der Waals surface area contributed by atoms with Crippen LogP contribution in [0.3, 0.4) is 0 Å². The number of nitrogens with one attached hydrogen (secondary N) is 1. The average molecular weight is 307 g/mol. The summed E-state index contributed by atoms with van der Waals surface area (Å²) < 4.78 is 0. The third-order valence-electron chi connectivity index (χ3n) is 3.65. The number of para-hydroxylation sites is 1. The molecule has 0 atom stereocenters. The Hall–Kier alpha value is -1.03. The van der Waals surface area contributed by atoms with E-state index in [-0.39, 0.29) is 0 Å². The fourth-order valence-corrected chi connectivity index (χ4v) is 3.53. The molecule has 0 bridgehead atoms. The van der Waals surface area contributed by atoms with E-state index in [1.807, 2.05) is 19.2 Å². The molecule has 1 aromatic carbocycles. The molecule has 4 heteroatoms. The van der Waals surface area contributed by atoms with Gasteiger partial charge in [-0.2, -0.15) is 11.3 Å². The zero-order valence-corrected chi connectivity index (χ0v) is 13.2. The second-order valence-electron chi connectivity index (χ2n) is 5.27. The largest absolute Gasteiger partial charge is 0.363 e. The van der Waals surface area contributed by atoms with E-state index in [9.17, 15) is 0 Å². The van der Waals surface area contributed by atoms with Crippen LogP contribution in [-0.2, 0) is 13.1 Å². The van der Waals surface area contributed by atoms with Crippen LogP contribution in [0, 0.1) is 0 Å². The van der Waals surface area contributed by atoms with Gasteiger partial charge in [0.1, 0.15) is 0 Å². The molecule has 20 heavy (non-hydrogen) atoms. The van der Waals surface area contributed by atoms with E-state index in [1.165, 1.54) is 29.7 Å². The summed E-state index contributed by atoms with van der Waals surface area (Å²) >= 11 is 8.26. The van der Waals surface area contributed by atoms with E-state index < -0.39 is 0 Å². The molecule has 0 unspecified atom stereocenters. The number of benzene rings is 1. The van der Waals surface area contributed by atoms with Crippen LogP contribution in [0.15, 0.2) is 35.0 Å². The SMILES string of the molecule is CNCc1cccc(Cl)c1N(Cc1ccsc1)C1CC1. The Kier molecular flexibility index (Phi) is 4.29. The smallest absolute Gasteiger partial charge is 0.0643 e. The van der Waals surface area contributed by atoms with Gasteiger partial charge in [0, 0.05) is 19.1 Å². The predicted molar refractivity (Wildman–Crippen MR) is 87.7 cm³/mol. The summed E-state index contributed by atoms with van der Waals surface area (Å²) in [6.07, 6.45) is 2.54. The highest BCUT2D eigenvalue weighted by atomic mass is 35.5. The summed E-state index contributed by atoms with van der Waals surface area (Å²) in [5.74, 6) is 0. The third-order valence-corrected chi connectivity index (χ3v) is 4.68. The van der Waals surface area contributed by atoms with Crippen molar-refractivity contribution in [3.05, 3.63) is 51.2 Å². The summed E-state index contributed by atoms with van der Waals surface area (Å²) in [5, 5.41) is 8.47. The Bertz CT molecular complexity index is 564. The second-order valence-corrected chi connectivity index (χ2v) is 6.46. The van der Waals surface area contributed by atoms with E-state index in [1.54, 1.807) is 11.3 Å². The molecule has 1 aliphatic carbocycles. The zero-order valence-electron chi connectivity index (χ0n) is 11.6. The maximum Gasteiger partial charge on any atom is 0.0643 e. The number of thiophene rings is 1. The minimum Gasteiger partial charge on any atom is -0.363 e. The van der Waals surface area contributed by atoms with E-state index in [4.69, 9.17) is 11.6 Å². The standard InChI is InChI=1S/C16H19ClN2S/c1-18-9-13-3-2-4-15(17)16(13)19(14-5-6-14)10-12-7-8-20-11-12/h2-4,7-8,11,14,18H,5-6,9-10H2,1H3. The molecule has 3 rings (SSSR count). The van der Waals surface area contributed by atoms with E-state index >= 15 is 0 Å². The summed E-state index contributed by atoms with van der Waals surface area (Å²) in [6, 6.07) is 9.05. The summed E-state index contributed by atoms with van der Waals surface area (Å²) in [5.41, 5.74) is 3.86. The molecule has 106 valence electrons. The number of hydrogen-bond donors (Lipinski definition) is 1. The average Bonchev–Trinajstić information content (AvgIpc) is 3.15. The van der Waals surface area contributed by atoms with Crippen molar-refractivity contribution >= 4 is 28.6 Å². The lowest BCUT2D eigenvalue weighted by molar-refractivity contribution is 0.766. The second kappa shape index (κ2) is 6.17. The number of rotatable bonds is 6. The van der Waals surface area contributed by atoms with E-state index in [2.05, 4.69) is 33.1 Å². The van der Waals surface area contributed by atoms with Crippen molar-refractivity contribution in [2.24, 2.45) is 0 Å². The van der Waals surface area contributed by atoms with Gasteiger partial charge in [0.15, 0.2) is 0 Å². The van der Waals surface area contributed by atoms with Crippen molar-refractivity contribution < 1.29 is 0 Å². The topological polar surface area (TPSA) is 15.3 Å². The molecular formula is C16H19ClN2S. The van der Waals surface area contributed by atoms with Crippen LogP contribution in [0.4, 0.5) is 5.69 Å². The van der Waals surface area contributed by atoms with Crippen LogP contribution in [0.1, 0.15) is 24.0 Å². The fourth-order valence-electron chi connectivity index (χ4n) is 2.57.